The minimum Gasteiger partial charge on any atom is -0.308 e. The molecule has 2 rings (SSSR count). The fourth-order valence-electron chi connectivity index (χ4n) is 2.15. The third kappa shape index (κ3) is 4.86. The molecule has 5 nitrogen and oxygen atoms in total. The Morgan fingerprint density at radius 3 is 2.62 bits per heavy atom. The molecule has 6 heteroatoms. The molecule has 1 N–H and O–H groups in total. The molecular formula is C15H26ClN5. The minimum absolute atomic E-state index is 0. The van der Waals surface area contributed by atoms with Gasteiger partial charge in [0.05, 0.1) is 11.9 Å². The van der Waals surface area contributed by atoms with Crippen LogP contribution in [-0.4, -0.2) is 19.6 Å². The maximum Gasteiger partial charge on any atom is 0.0638 e. The van der Waals surface area contributed by atoms with Gasteiger partial charge in [-0.25, -0.2) is 0 Å². The van der Waals surface area contributed by atoms with Gasteiger partial charge < -0.3 is 5.32 Å². The predicted octanol–water partition coefficient (Wildman–Crippen LogP) is 3.09. The summed E-state index contributed by atoms with van der Waals surface area (Å²) >= 11 is 0. The first-order valence-electron chi connectivity index (χ1n) is 7.36. The number of hydrogen-bond acceptors (Lipinski definition) is 3. The van der Waals surface area contributed by atoms with E-state index >= 15 is 0 Å². The van der Waals surface area contributed by atoms with Gasteiger partial charge in [0, 0.05) is 49.2 Å². The van der Waals surface area contributed by atoms with Crippen molar-refractivity contribution in [2.24, 2.45) is 0 Å². The molecule has 2 aromatic heterocycles. The average Bonchev–Trinajstić information content (AvgIpc) is 2.98. The Bertz CT molecular complexity index is 544. The lowest BCUT2D eigenvalue weighted by atomic mass is 10.2. The molecule has 0 spiro atoms. The van der Waals surface area contributed by atoms with E-state index in [1.54, 1.807) is 0 Å². The number of hydrogen-bond donors (Lipinski definition) is 1. The number of aryl methyl sites for hydroxylation is 2. The first-order valence-corrected chi connectivity index (χ1v) is 7.36. The average molecular weight is 312 g/mol. The zero-order valence-electron chi connectivity index (χ0n) is 13.3. The Balaban J connectivity index is 0.00000220. The predicted molar refractivity (Wildman–Crippen MR) is 87.7 cm³/mol. The van der Waals surface area contributed by atoms with Crippen molar-refractivity contribution < 1.29 is 0 Å². The van der Waals surface area contributed by atoms with Crippen molar-refractivity contribution in [3.63, 3.8) is 0 Å². The van der Waals surface area contributed by atoms with Gasteiger partial charge in [-0.15, -0.1) is 12.4 Å². The van der Waals surface area contributed by atoms with Gasteiger partial charge in [-0.1, -0.05) is 6.92 Å². The lowest BCUT2D eigenvalue weighted by Gasteiger charge is -2.03. The highest BCUT2D eigenvalue weighted by Crippen LogP contribution is 2.10. The van der Waals surface area contributed by atoms with Gasteiger partial charge in [0.15, 0.2) is 0 Å². The molecule has 0 saturated heterocycles. The van der Waals surface area contributed by atoms with E-state index < -0.39 is 0 Å². The Hall–Kier alpha value is -1.33. The SMILES string of the molecule is CCCn1cc(CNCc2cn(C(C)C)nc2C)cn1.Cl. The van der Waals surface area contributed by atoms with E-state index in [0.29, 0.717) is 6.04 Å². The summed E-state index contributed by atoms with van der Waals surface area (Å²) < 4.78 is 4.02. The van der Waals surface area contributed by atoms with Crippen LogP contribution in [0, 0.1) is 6.92 Å². The Labute approximate surface area is 133 Å². The molecule has 0 saturated carbocycles. The van der Waals surface area contributed by atoms with Gasteiger partial charge in [0.2, 0.25) is 0 Å². The van der Waals surface area contributed by atoms with Crippen LogP contribution in [0.2, 0.25) is 0 Å². The molecule has 0 aromatic carbocycles. The summed E-state index contributed by atoms with van der Waals surface area (Å²) in [6, 6.07) is 0.412. The summed E-state index contributed by atoms with van der Waals surface area (Å²) in [6.45, 7) is 11.2. The molecule has 0 aliphatic heterocycles. The lowest BCUT2D eigenvalue weighted by Crippen LogP contribution is -2.12. The number of aromatic nitrogens is 4. The van der Waals surface area contributed by atoms with Crippen LogP contribution in [0.3, 0.4) is 0 Å². The Kier molecular flexibility index (Phi) is 6.92. The molecule has 0 amide bonds. The van der Waals surface area contributed by atoms with E-state index in [9.17, 15) is 0 Å². The largest absolute Gasteiger partial charge is 0.308 e. The number of rotatable bonds is 7. The second kappa shape index (κ2) is 8.20. The molecule has 0 bridgehead atoms. The fourth-order valence-corrected chi connectivity index (χ4v) is 2.15. The summed E-state index contributed by atoms with van der Waals surface area (Å²) in [5.74, 6) is 0. The van der Waals surface area contributed by atoms with Crippen LogP contribution < -0.4 is 5.32 Å². The molecule has 118 valence electrons. The van der Waals surface area contributed by atoms with Crippen LogP contribution in [0.4, 0.5) is 0 Å². The molecule has 0 aliphatic carbocycles. The van der Waals surface area contributed by atoms with Crippen molar-refractivity contribution in [2.45, 2.75) is 59.8 Å². The fraction of sp³-hybridized carbons (Fsp3) is 0.600. The van der Waals surface area contributed by atoms with Crippen LogP contribution in [0.1, 0.15) is 50.1 Å². The van der Waals surface area contributed by atoms with E-state index in [1.807, 2.05) is 15.6 Å². The molecular weight excluding hydrogens is 286 g/mol. The van der Waals surface area contributed by atoms with Crippen molar-refractivity contribution in [3.05, 3.63) is 35.4 Å². The van der Waals surface area contributed by atoms with E-state index in [-0.39, 0.29) is 12.4 Å². The normalized spacial score (nSPS) is 10.9. The minimum atomic E-state index is 0. The molecule has 0 radical (unpaired) electrons. The maximum absolute atomic E-state index is 4.52. The lowest BCUT2D eigenvalue weighted by molar-refractivity contribution is 0.528. The molecule has 21 heavy (non-hydrogen) atoms. The molecule has 0 atom stereocenters. The number of halogens is 1. The number of nitrogens with zero attached hydrogens (tertiary/aromatic N) is 4. The highest BCUT2D eigenvalue weighted by molar-refractivity contribution is 5.85. The van der Waals surface area contributed by atoms with Gasteiger partial charge in [0.1, 0.15) is 0 Å². The highest BCUT2D eigenvalue weighted by atomic mass is 35.5. The zero-order valence-corrected chi connectivity index (χ0v) is 14.2. The highest BCUT2D eigenvalue weighted by Gasteiger charge is 2.06. The van der Waals surface area contributed by atoms with E-state index in [2.05, 4.69) is 55.6 Å². The third-order valence-electron chi connectivity index (χ3n) is 3.33. The van der Waals surface area contributed by atoms with Gasteiger partial charge in [0.25, 0.3) is 0 Å². The van der Waals surface area contributed by atoms with E-state index in [1.165, 1.54) is 11.1 Å². The monoisotopic (exact) mass is 311 g/mol. The zero-order chi connectivity index (χ0) is 14.5. The van der Waals surface area contributed by atoms with Crippen LogP contribution >= 0.6 is 12.4 Å². The van der Waals surface area contributed by atoms with Crippen molar-refractivity contribution in [1.29, 1.82) is 0 Å². The van der Waals surface area contributed by atoms with Crippen molar-refractivity contribution in [2.75, 3.05) is 0 Å². The van der Waals surface area contributed by atoms with Crippen LogP contribution in [0.5, 0.6) is 0 Å². The summed E-state index contributed by atoms with van der Waals surface area (Å²) in [5, 5.41) is 12.3. The van der Waals surface area contributed by atoms with Crippen molar-refractivity contribution in [3.8, 4) is 0 Å². The van der Waals surface area contributed by atoms with Gasteiger partial charge >= 0.3 is 0 Å². The van der Waals surface area contributed by atoms with Crippen LogP contribution in [0.15, 0.2) is 18.6 Å². The summed E-state index contributed by atoms with van der Waals surface area (Å²) in [6.07, 6.45) is 7.30. The van der Waals surface area contributed by atoms with E-state index in [0.717, 1.165) is 31.7 Å². The second-order valence-corrected chi connectivity index (χ2v) is 5.53. The Morgan fingerprint density at radius 2 is 2.00 bits per heavy atom. The molecule has 0 aliphatic rings. The van der Waals surface area contributed by atoms with E-state index in [4.69, 9.17) is 0 Å². The molecule has 0 unspecified atom stereocenters. The second-order valence-electron chi connectivity index (χ2n) is 5.53. The first-order chi connectivity index (χ1) is 9.60. The summed E-state index contributed by atoms with van der Waals surface area (Å²) in [7, 11) is 0. The van der Waals surface area contributed by atoms with Crippen molar-refractivity contribution in [1.82, 2.24) is 24.9 Å². The molecule has 2 heterocycles. The summed E-state index contributed by atoms with van der Waals surface area (Å²) in [5.41, 5.74) is 3.60. The summed E-state index contributed by atoms with van der Waals surface area (Å²) in [4.78, 5) is 0. The van der Waals surface area contributed by atoms with Crippen LogP contribution in [0.25, 0.3) is 0 Å². The molecule has 0 fully saturated rings. The van der Waals surface area contributed by atoms with Crippen molar-refractivity contribution >= 4 is 12.4 Å². The van der Waals surface area contributed by atoms with Gasteiger partial charge in [-0.2, -0.15) is 10.2 Å². The number of nitrogens with one attached hydrogen (secondary N) is 1. The standard InChI is InChI=1S/C15H25N5.ClH/c1-5-6-19-10-14(8-17-19)7-16-9-15-11-20(12(2)3)18-13(15)4;/h8,10-12,16H,5-7,9H2,1-4H3;1H. The first kappa shape index (κ1) is 17.7. The van der Waals surface area contributed by atoms with Gasteiger partial charge in [-0.3, -0.25) is 9.36 Å². The molecule has 2 aromatic rings. The Morgan fingerprint density at radius 1 is 1.24 bits per heavy atom. The quantitative estimate of drug-likeness (QED) is 0.855. The van der Waals surface area contributed by atoms with Crippen LogP contribution in [-0.2, 0) is 19.6 Å². The maximum atomic E-state index is 4.52. The third-order valence-corrected chi connectivity index (χ3v) is 3.33. The smallest absolute Gasteiger partial charge is 0.0638 e. The van der Waals surface area contributed by atoms with Gasteiger partial charge in [-0.05, 0) is 27.2 Å². The topological polar surface area (TPSA) is 47.7 Å².